The first-order valence-corrected chi connectivity index (χ1v) is 6.07. The van der Waals surface area contributed by atoms with Gasteiger partial charge in [-0.15, -0.1) is 11.6 Å². The SMILES string of the molecule is FCCCCCCCCCCCCl. The first-order valence-electron chi connectivity index (χ1n) is 5.53. The van der Waals surface area contributed by atoms with Gasteiger partial charge in [0.15, 0.2) is 0 Å². The molecule has 0 bridgehead atoms. The topological polar surface area (TPSA) is 0 Å². The van der Waals surface area contributed by atoms with Crippen LogP contribution in [0, 0.1) is 0 Å². The van der Waals surface area contributed by atoms with E-state index >= 15 is 0 Å². The molecule has 0 nitrogen and oxygen atoms in total. The van der Waals surface area contributed by atoms with Crippen molar-refractivity contribution in [2.45, 2.75) is 57.8 Å². The van der Waals surface area contributed by atoms with Crippen LogP contribution in [0.15, 0.2) is 0 Å². The summed E-state index contributed by atoms with van der Waals surface area (Å²) in [5.74, 6) is 0.802. The lowest BCUT2D eigenvalue weighted by Crippen LogP contribution is -1.82. The van der Waals surface area contributed by atoms with Crippen molar-refractivity contribution in [2.24, 2.45) is 0 Å². The van der Waals surface area contributed by atoms with E-state index in [4.69, 9.17) is 11.6 Å². The molecule has 80 valence electrons. The third-order valence-corrected chi connectivity index (χ3v) is 2.53. The second-order valence-corrected chi connectivity index (χ2v) is 3.94. The van der Waals surface area contributed by atoms with Crippen molar-refractivity contribution in [1.29, 1.82) is 0 Å². The summed E-state index contributed by atoms with van der Waals surface area (Å²) in [4.78, 5) is 0. The summed E-state index contributed by atoms with van der Waals surface area (Å²) in [5, 5.41) is 0. The van der Waals surface area contributed by atoms with Crippen molar-refractivity contribution in [3.8, 4) is 0 Å². The van der Waals surface area contributed by atoms with E-state index in [1.807, 2.05) is 0 Å². The molecule has 0 saturated carbocycles. The fourth-order valence-corrected chi connectivity index (χ4v) is 1.62. The maximum absolute atomic E-state index is 11.7. The van der Waals surface area contributed by atoms with E-state index in [1.165, 1.54) is 38.5 Å². The van der Waals surface area contributed by atoms with Gasteiger partial charge in [-0.3, -0.25) is 4.39 Å². The van der Waals surface area contributed by atoms with Gasteiger partial charge in [-0.1, -0.05) is 44.9 Å². The fraction of sp³-hybridized carbons (Fsp3) is 1.00. The molecule has 0 aromatic heterocycles. The summed E-state index contributed by atoms with van der Waals surface area (Å²) >= 11 is 5.56. The monoisotopic (exact) mass is 208 g/mol. The van der Waals surface area contributed by atoms with E-state index in [0.717, 1.165) is 25.1 Å². The van der Waals surface area contributed by atoms with E-state index in [0.29, 0.717) is 0 Å². The average molecular weight is 209 g/mol. The zero-order chi connectivity index (χ0) is 9.78. The van der Waals surface area contributed by atoms with Crippen molar-refractivity contribution in [2.75, 3.05) is 12.6 Å². The molecule has 0 radical (unpaired) electrons. The van der Waals surface area contributed by atoms with Gasteiger partial charge in [-0.25, -0.2) is 0 Å². The minimum Gasteiger partial charge on any atom is -0.251 e. The van der Waals surface area contributed by atoms with Crippen LogP contribution in [-0.2, 0) is 0 Å². The molecule has 0 aromatic carbocycles. The van der Waals surface area contributed by atoms with E-state index in [9.17, 15) is 4.39 Å². The van der Waals surface area contributed by atoms with Gasteiger partial charge in [-0.2, -0.15) is 0 Å². The quantitative estimate of drug-likeness (QED) is 0.361. The van der Waals surface area contributed by atoms with Gasteiger partial charge in [0.05, 0.1) is 6.67 Å². The number of alkyl halides is 2. The zero-order valence-corrected chi connectivity index (χ0v) is 9.29. The highest BCUT2D eigenvalue weighted by atomic mass is 35.5. The standard InChI is InChI=1S/C11H22ClF/c12-10-8-6-4-2-1-3-5-7-9-11-13/h1-11H2. The molecule has 0 aliphatic carbocycles. The molecule has 0 heterocycles. The molecule has 0 fully saturated rings. The Morgan fingerprint density at radius 3 is 1.38 bits per heavy atom. The smallest absolute Gasteiger partial charge is 0.0894 e. The number of unbranched alkanes of at least 4 members (excludes halogenated alkanes) is 8. The van der Waals surface area contributed by atoms with Gasteiger partial charge in [0.2, 0.25) is 0 Å². The summed E-state index contributed by atoms with van der Waals surface area (Å²) in [5.41, 5.74) is 0. The predicted molar refractivity (Wildman–Crippen MR) is 58.2 cm³/mol. The van der Waals surface area contributed by atoms with Gasteiger partial charge in [0.25, 0.3) is 0 Å². The number of rotatable bonds is 10. The van der Waals surface area contributed by atoms with E-state index < -0.39 is 0 Å². The van der Waals surface area contributed by atoms with Gasteiger partial charge in [0.1, 0.15) is 0 Å². The summed E-state index contributed by atoms with van der Waals surface area (Å²) in [6, 6.07) is 0. The van der Waals surface area contributed by atoms with Crippen molar-refractivity contribution in [3.05, 3.63) is 0 Å². The molecule has 2 heteroatoms. The summed E-state index contributed by atoms with van der Waals surface area (Å²) in [7, 11) is 0. The van der Waals surface area contributed by atoms with Gasteiger partial charge in [-0.05, 0) is 12.8 Å². The van der Waals surface area contributed by atoms with Crippen LogP contribution in [0.2, 0.25) is 0 Å². The van der Waals surface area contributed by atoms with Crippen LogP contribution in [0.4, 0.5) is 4.39 Å². The molecule has 0 saturated heterocycles. The van der Waals surface area contributed by atoms with Crippen LogP contribution < -0.4 is 0 Å². The molecule has 0 amide bonds. The van der Waals surface area contributed by atoms with Gasteiger partial charge in [0, 0.05) is 5.88 Å². The van der Waals surface area contributed by atoms with Crippen molar-refractivity contribution in [3.63, 3.8) is 0 Å². The predicted octanol–water partition coefficient (Wildman–Crippen LogP) is 4.71. The molecule has 13 heavy (non-hydrogen) atoms. The highest BCUT2D eigenvalue weighted by Gasteiger charge is 1.91. The lowest BCUT2D eigenvalue weighted by atomic mass is 10.1. The first-order chi connectivity index (χ1) is 6.41. The highest BCUT2D eigenvalue weighted by molar-refractivity contribution is 6.17. The third-order valence-electron chi connectivity index (χ3n) is 2.27. The molecular weight excluding hydrogens is 187 g/mol. The number of halogens is 2. The summed E-state index contributed by atoms with van der Waals surface area (Å²) in [6.45, 7) is -0.143. The van der Waals surface area contributed by atoms with Crippen molar-refractivity contribution >= 4 is 11.6 Å². The normalized spacial score (nSPS) is 10.6. The molecule has 0 aliphatic heterocycles. The molecule has 0 aromatic rings. The Morgan fingerprint density at radius 1 is 0.615 bits per heavy atom. The molecule has 0 unspecified atom stereocenters. The molecule has 0 N–H and O–H groups in total. The fourth-order valence-electron chi connectivity index (χ4n) is 1.43. The van der Waals surface area contributed by atoms with Crippen LogP contribution in [0.1, 0.15) is 57.8 Å². The third kappa shape index (κ3) is 12.2. The maximum Gasteiger partial charge on any atom is 0.0894 e. The molecule has 0 atom stereocenters. The Hall–Kier alpha value is 0.220. The number of hydrogen-bond donors (Lipinski definition) is 0. The number of hydrogen-bond acceptors (Lipinski definition) is 0. The Morgan fingerprint density at radius 2 is 1.00 bits per heavy atom. The van der Waals surface area contributed by atoms with Crippen LogP contribution >= 0.6 is 11.6 Å². The second-order valence-electron chi connectivity index (χ2n) is 3.56. The summed E-state index contributed by atoms with van der Waals surface area (Å²) in [6.07, 6.45) is 10.7. The van der Waals surface area contributed by atoms with Crippen molar-refractivity contribution < 1.29 is 4.39 Å². The molecule has 0 rings (SSSR count). The Labute approximate surface area is 86.9 Å². The van der Waals surface area contributed by atoms with Crippen LogP contribution in [-0.4, -0.2) is 12.6 Å². The Bertz CT molecular complexity index is 76.2. The first kappa shape index (κ1) is 13.2. The molecule has 0 aliphatic rings. The van der Waals surface area contributed by atoms with Crippen molar-refractivity contribution in [1.82, 2.24) is 0 Å². The van der Waals surface area contributed by atoms with E-state index in [2.05, 4.69) is 0 Å². The minimum atomic E-state index is -0.143. The second kappa shape index (κ2) is 12.2. The van der Waals surface area contributed by atoms with Gasteiger partial charge < -0.3 is 0 Å². The lowest BCUT2D eigenvalue weighted by molar-refractivity contribution is 0.449. The minimum absolute atomic E-state index is 0.143. The van der Waals surface area contributed by atoms with Crippen LogP contribution in [0.3, 0.4) is 0 Å². The van der Waals surface area contributed by atoms with E-state index in [-0.39, 0.29) is 6.67 Å². The van der Waals surface area contributed by atoms with E-state index in [1.54, 1.807) is 0 Å². The Balaban J connectivity index is 2.76. The van der Waals surface area contributed by atoms with Crippen LogP contribution in [0.25, 0.3) is 0 Å². The van der Waals surface area contributed by atoms with Crippen LogP contribution in [0.5, 0.6) is 0 Å². The summed E-state index contributed by atoms with van der Waals surface area (Å²) < 4.78 is 11.7. The highest BCUT2D eigenvalue weighted by Crippen LogP contribution is 2.09. The largest absolute Gasteiger partial charge is 0.251 e. The maximum atomic E-state index is 11.7. The Kier molecular flexibility index (Phi) is 12.4. The molecular formula is C11H22ClF. The van der Waals surface area contributed by atoms with Gasteiger partial charge >= 0.3 is 0 Å². The lowest BCUT2D eigenvalue weighted by Gasteiger charge is -2.00. The molecule has 0 spiro atoms. The zero-order valence-electron chi connectivity index (χ0n) is 8.53. The average Bonchev–Trinajstić information content (AvgIpc) is 2.16.